The number of phenols is 1. The molecule has 0 saturated carbocycles. The minimum absolute atomic E-state index is 0.0626. The highest BCUT2D eigenvalue weighted by atomic mass is 16.6. The monoisotopic (exact) mass is 224 g/mol. The molecular formula is C10H12N2O4. The zero-order valence-electron chi connectivity index (χ0n) is 8.77. The molecule has 0 aliphatic rings. The molecule has 0 aromatic heterocycles. The van der Waals surface area contributed by atoms with Gasteiger partial charge in [-0.25, -0.2) is 0 Å². The fraction of sp³-hybridized carbons (Fsp3) is 0.300. The predicted octanol–water partition coefficient (Wildman–Crippen LogP) is 2.04. The van der Waals surface area contributed by atoms with Gasteiger partial charge in [-0.05, 0) is 12.5 Å². The number of benzene rings is 1. The van der Waals surface area contributed by atoms with Crippen LogP contribution in [0.15, 0.2) is 18.2 Å². The molecule has 0 atom stereocenters. The lowest BCUT2D eigenvalue weighted by atomic mass is 10.2. The lowest BCUT2D eigenvalue weighted by Crippen LogP contribution is -2.10. The van der Waals surface area contributed by atoms with Crippen LogP contribution in [0.25, 0.3) is 0 Å². The summed E-state index contributed by atoms with van der Waals surface area (Å²) < 4.78 is 0. The third-order valence-electron chi connectivity index (χ3n) is 1.96. The molecule has 0 unspecified atom stereocenters. The molecule has 0 heterocycles. The second-order valence-corrected chi connectivity index (χ2v) is 3.23. The van der Waals surface area contributed by atoms with Gasteiger partial charge in [0.15, 0.2) is 0 Å². The first-order valence-corrected chi connectivity index (χ1v) is 4.82. The summed E-state index contributed by atoms with van der Waals surface area (Å²) in [6, 6.07) is 3.99. The maximum atomic E-state index is 11.3. The van der Waals surface area contributed by atoms with E-state index in [2.05, 4.69) is 5.32 Å². The number of carbonyl (C=O) groups is 1. The zero-order chi connectivity index (χ0) is 12.1. The van der Waals surface area contributed by atoms with E-state index in [0.717, 1.165) is 0 Å². The molecule has 0 radical (unpaired) electrons. The van der Waals surface area contributed by atoms with Crippen molar-refractivity contribution in [3.63, 3.8) is 0 Å². The van der Waals surface area contributed by atoms with E-state index in [4.69, 9.17) is 0 Å². The molecule has 1 aromatic carbocycles. The highest BCUT2D eigenvalue weighted by Crippen LogP contribution is 2.33. The van der Waals surface area contributed by atoms with Crippen molar-refractivity contribution in [2.24, 2.45) is 0 Å². The molecule has 16 heavy (non-hydrogen) atoms. The summed E-state index contributed by atoms with van der Waals surface area (Å²) in [4.78, 5) is 21.1. The Morgan fingerprint density at radius 3 is 2.81 bits per heavy atom. The van der Waals surface area contributed by atoms with E-state index in [1.807, 2.05) is 6.92 Å². The fourth-order valence-corrected chi connectivity index (χ4v) is 1.22. The molecule has 0 saturated heterocycles. The molecule has 0 aliphatic heterocycles. The summed E-state index contributed by atoms with van der Waals surface area (Å²) in [5, 5.41) is 22.5. The van der Waals surface area contributed by atoms with E-state index in [9.17, 15) is 20.0 Å². The number of aromatic hydroxyl groups is 1. The van der Waals surface area contributed by atoms with Crippen LogP contribution in [0, 0.1) is 10.1 Å². The van der Waals surface area contributed by atoms with Gasteiger partial charge in [0, 0.05) is 12.5 Å². The number of para-hydroxylation sites is 1. The Morgan fingerprint density at radius 2 is 2.25 bits per heavy atom. The number of nitrogens with one attached hydrogen (secondary N) is 1. The smallest absolute Gasteiger partial charge is 0.312 e. The van der Waals surface area contributed by atoms with Crippen LogP contribution in [0.4, 0.5) is 11.4 Å². The van der Waals surface area contributed by atoms with Crippen LogP contribution in [0.3, 0.4) is 0 Å². The summed E-state index contributed by atoms with van der Waals surface area (Å²) in [7, 11) is 0. The van der Waals surface area contributed by atoms with Crippen LogP contribution < -0.4 is 5.32 Å². The van der Waals surface area contributed by atoms with Crippen molar-refractivity contribution >= 4 is 17.3 Å². The Bertz CT molecular complexity index is 417. The molecule has 86 valence electrons. The quantitative estimate of drug-likeness (QED) is 0.465. The summed E-state index contributed by atoms with van der Waals surface area (Å²) in [6.07, 6.45) is 0.976. The number of anilines is 1. The Kier molecular flexibility index (Phi) is 3.82. The second-order valence-electron chi connectivity index (χ2n) is 3.23. The number of phenolic OH excluding ortho intramolecular Hbond substituents is 1. The van der Waals surface area contributed by atoms with Gasteiger partial charge in [-0.2, -0.15) is 0 Å². The molecule has 6 heteroatoms. The Hall–Kier alpha value is -2.11. The van der Waals surface area contributed by atoms with Crippen LogP contribution in [-0.4, -0.2) is 15.9 Å². The van der Waals surface area contributed by atoms with E-state index in [-0.39, 0.29) is 11.6 Å². The summed E-state index contributed by atoms with van der Waals surface area (Å²) in [5.74, 6) is -0.796. The van der Waals surface area contributed by atoms with E-state index in [0.29, 0.717) is 12.8 Å². The average molecular weight is 224 g/mol. The standard InChI is InChI=1S/C10H12N2O4/c1-2-4-9(13)11-7-5-3-6-8(10(7)14)12(15)16/h3,5-6,14H,2,4H2,1H3,(H,11,13). The van der Waals surface area contributed by atoms with Crippen molar-refractivity contribution in [3.05, 3.63) is 28.3 Å². The number of amides is 1. The molecule has 1 rings (SSSR count). The first-order valence-electron chi connectivity index (χ1n) is 4.82. The highest BCUT2D eigenvalue weighted by molar-refractivity contribution is 5.93. The SMILES string of the molecule is CCCC(=O)Nc1cccc([N+](=O)[O-])c1O. The zero-order valence-corrected chi connectivity index (χ0v) is 8.77. The van der Waals surface area contributed by atoms with Gasteiger partial charge in [-0.1, -0.05) is 13.0 Å². The van der Waals surface area contributed by atoms with Crippen LogP contribution in [0.5, 0.6) is 5.75 Å². The number of carbonyl (C=O) groups excluding carboxylic acids is 1. The van der Waals surface area contributed by atoms with Crippen molar-refractivity contribution in [1.29, 1.82) is 0 Å². The highest BCUT2D eigenvalue weighted by Gasteiger charge is 2.17. The number of nitro groups is 1. The van der Waals surface area contributed by atoms with Crippen molar-refractivity contribution < 1.29 is 14.8 Å². The van der Waals surface area contributed by atoms with Gasteiger partial charge >= 0.3 is 5.69 Å². The van der Waals surface area contributed by atoms with Crippen molar-refractivity contribution in [3.8, 4) is 5.75 Å². The third kappa shape index (κ3) is 2.69. The van der Waals surface area contributed by atoms with E-state index >= 15 is 0 Å². The molecule has 0 spiro atoms. The molecule has 0 bridgehead atoms. The number of nitro benzene ring substituents is 1. The van der Waals surface area contributed by atoms with Crippen LogP contribution in [-0.2, 0) is 4.79 Å². The number of hydrogen-bond donors (Lipinski definition) is 2. The molecule has 1 amide bonds. The van der Waals surface area contributed by atoms with Crippen LogP contribution in [0.2, 0.25) is 0 Å². The first-order chi connectivity index (χ1) is 7.56. The fourth-order valence-electron chi connectivity index (χ4n) is 1.22. The minimum Gasteiger partial charge on any atom is -0.501 e. The van der Waals surface area contributed by atoms with Crippen molar-refractivity contribution in [2.75, 3.05) is 5.32 Å². The van der Waals surface area contributed by atoms with Gasteiger partial charge in [0.05, 0.1) is 10.6 Å². The third-order valence-corrected chi connectivity index (χ3v) is 1.96. The maximum Gasteiger partial charge on any atom is 0.312 e. The molecule has 0 aliphatic carbocycles. The number of nitrogens with zero attached hydrogens (tertiary/aromatic N) is 1. The molecule has 6 nitrogen and oxygen atoms in total. The largest absolute Gasteiger partial charge is 0.501 e. The summed E-state index contributed by atoms with van der Waals surface area (Å²) in [5.41, 5.74) is -0.359. The first kappa shape index (κ1) is 12.0. The van der Waals surface area contributed by atoms with Crippen molar-refractivity contribution in [2.45, 2.75) is 19.8 Å². The number of rotatable bonds is 4. The molecule has 1 aromatic rings. The lowest BCUT2D eigenvalue weighted by molar-refractivity contribution is -0.385. The maximum absolute atomic E-state index is 11.3. The van der Waals surface area contributed by atoms with E-state index < -0.39 is 16.4 Å². The second kappa shape index (κ2) is 5.11. The predicted molar refractivity (Wildman–Crippen MR) is 58.3 cm³/mol. The van der Waals surface area contributed by atoms with Crippen LogP contribution >= 0.6 is 0 Å². The topological polar surface area (TPSA) is 92.5 Å². The normalized spacial score (nSPS) is 9.81. The van der Waals surface area contributed by atoms with Gasteiger partial charge in [0.25, 0.3) is 0 Å². The van der Waals surface area contributed by atoms with Gasteiger partial charge in [0.2, 0.25) is 11.7 Å². The van der Waals surface area contributed by atoms with Gasteiger partial charge in [-0.3, -0.25) is 14.9 Å². The molecule has 0 fully saturated rings. The number of hydrogen-bond acceptors (Lipinski definition) is 4. The minimum atomic E-state index is -0.704. The lowest BCUT2D eigenvalue weighted by Gasteiger charge is -2.06. The van der Waals surface area contributed by atoms with Gasteiger partial charge < -0.3 is 10.4 Å². The Morgan fingerprint density at radius 1 is 1.56 bits per heavy atom. The van der Waals surface area contributed by atoms with Crippen molar-refractivity contribution in [1.82, 2.24) is 0 Å². The Labute approximate surface area is 92.0 Å². The molecular weight excluding hydrogens is 212 g/mol. The van der Waals surface area contributed by atoms with E-state index in [1.165, 1.54) is 18.2 Å². The van der Waals surface area contributed by atoms with Crippen LogP contribution in [0.1, 0.15) is 19.8 Å². The van der Waals surface area contributed by atoms with Gasteiger partial charge in [0.1, 0.15) is 0 Å². The summed E-state index contributed by atoms with van der Waals surface area (Å²) >= 11 is 0. The molecule has 2 N–H and O–H groups in total. The summed E-state index contributed by atoms with van der Waals surface area (Å²) in [6.45, 7) is 1.84. The average Bonchev–Trinajstić information content (AvgIpc) is 2.21. The Balaban J connectivity index is 2.93. The van der Waals surface area contributed by atoms with Gasteiger partial charge in [-0.15, -0.1) is 0 Å². The van der Waals surface area contributed by atoms with E-state index in [1.54, 1.807) is 0 Å².